The molecule has 10 nitrogen and oxygen atoms in total. The molecule has 0 heterocycles. The molecule has 0 bridgehead atoms. The molecule has 0 spiro atoms. The average molecular weight is 414 g/mol. The molecule has 0 unspecified atom stereocenters. The molecule has 0 fully saturated rings. The highest BCUT2D eigenvalue weighted by Crippen LogP contribution is 2.37. The van der Waals surface area contributed by atoms with Gasteiger partial charge in [0.2, 0.25) is 0 Å². The monoisotopic (exact) mass is 414 g/mol. The Morgan fingerprint density at radius 1 is 0.846 bits per heavy atom. The quantitative estimate of drug-likeness (QED) is 0.227. The molecule has 0 saturated heterocycles. The molecule has 0 aliphatic rings. The third-order valence-corrected chi connectivity index (χ3v) is 5.12. The first kappa shape index (κ1) is 23.2. The molecule has 1 aromatic rings. The van der Waals surface area contributed by atoms with E-state index < -0.39 is 52.9 Å². The zero-order chi connectivity index (χ0) is 20.0. The lowest BCUT2D eigenvalue weighted by Gasteiger charge is -2.23. The average Bonchev–Trinajstić information content (AvgIpc) is 2.55. The molecule has 150 valence electrons. The lowest BCUT2D eigenvalue weighted by Crippen LogP contribution is -2.43. The zero-order valence-electron chi connectivity index (χ0n) is 13.9. The van der Waals surface area contributed by atoms with Gasteiger partial charge in [-0.1, -0.05) is 6.07 Å². The van der Waals surface area contributed by atoms with E-state index in [1.165, 1.54) is 12.1 Å². The van der Waals surface area contributed by atoms with Crippen LogP contribution in [0.1, 0.15) is 11.1 Å². The summed E-state index contributed by atoms with van der Waals surface area (Å²) < 4.78 is 27.4. The van der Waals surface area contributed by atoms with Crippen molar-refractivity contribution in [1.82, 2.24) is 0 Å². The van der Waals surface area contributed by atoms with E-state index in [0.29, 0.717) is 11.1 Å². The van der Waals surface area contributed by atoms with Gasteiger partial charge in [-0.05, 0) is 36.1 Å². The van der Waals surface area contributed by atoms with E-state index in [2.05, 4.69) is 0 Å². The topological polar surface area (TPSA) is 185 Å². The van der Waals surface area contributed by atoms with Gasteiger partial charge < -0.3 is 39.6 Å². The summed E-state index contributed by atoms with van der Waals surface area (Å²) in [5, 5.41) is 27.9. The second-order valence-electron chi connectivity index (χ2n) is 6.09. The molecule has 0 aliphatic carbocycles. The van der Waals surface area contributed by atoms with Crippen LogP contribution in [0, 0.1) is 0 Å². The van der Waals surface area contributed by atoms with E-state index in [0.717, 1.165) is 0 Å². The van der Waals surface area contributed by atoms with E-state index >= 15 is 0 Å². The van der Waals surface area contributed by atoms with Gasteiger partial charge in [-0.25, -0.2) is 0 Å². The van der Waals surface area contributed by atoms with E-state index in [1.54, 1.807) is 6.07 Å². The van der Waals surface area contributed by atoms with Crippen molar-refractivity contribution in [2.45, 2.75) is 18.4 Å². The first-order valence-electron chi connectivity index (χ1n) is 7.65. The van der Waals surface area contributed by atoms with Crippen molar-refractivity contribution in [2.75, 3.05) is 32.1 Å². The molecule has 0 aromatic heterocycles. The molecular formula is C14H24O10P2. The zero-order valence-corrected chi connectivity index (χ0v) is 15.7. The van der Waals surface area contributed by atoms with Crippen LogP contribution >= 0.6 is 15.2 Å². The van der Waals surface area contributed by atoms with Gasteiger partial charge in [-0.2, -0.15) is 0 Å². The highest BCUT2D eigenvalue weighted by Gasteiger charge is 2.26. The maximum atomic E-state index is 11.0. The molecule has 7 N–H and O–H groups in total. The van der Waals surface area contributed by atoms with Gasteiger partial charge >= 0.3 is 15.2 Å². The van der Waals surface area contributed by atoms with Gasteiger partial charge in [0.15, 0.2) is 0 Å². The first-order valence-corrected chi connectivity index (χ1v) is 11.2. The molecule has 0 atom stereocenters. The normalized spacial score (nSPS) is 13.0. The van der Waals surface area contributed by atoms with E-state index in [-0.39, 0.29) is 18.6 Å². The Hall–Kier alpha value is -0.800. The van der Waals surface area contributed by atoms with Crippen molar-refractivity contribution in [3.05, 3.63) is 29.3 Å². The Bertz CT molecular complexity index is 632. The highest BCUT2D eigenvalue weighted by atomic mass is 31.2. The molecule has 0 radical (unpaired) electrons. The smallest absolute Gasteiger partial charge is 0.325 e. The summed E-state index contributed by atoms with van der Waals surface area (Å²) in [6.45, 7) is -1.93. The van der Waals surface area contributed by atoms with Crippen LogP contribution < -0.4 is 4.74 Å². The van der Waals surface area contributed by atoms with Crippen LogP contribution in [-0.4, -0.2) is 72.6 Å². The van der Waals surface area contributed by atoms with Gasteiger partial charge in [-0.3, -0.25) is 9.13 Å². The summed E-state index contributed by atoms with van der Waals surface area (Å²) in [5.41, 5.74) is -0.917. The summed E-state index contributed by atoms with van der Waals surface area (Å²) in [7, 11) is -8.45. The lowest BCUT2D eigenvalue weighted by atomic mass is 10.1. The van der Waals surface area contributed by atoms with Crippen LogP contribution in [0.4, 0.5) is 0 Å². The number of hydrogen-bond acceptors (Lipinski definition) is 6. The predicted octanol–water partition coefficient (Wildman–Crippen LogP) is -0.779. The Morgan fingerprint density at radius 2 is 1.27 bits per heavy atom. The van der Waals surface area contributed by atoms with Crippen molar-refractivity contribution in [3.63, 3.8) is 0 Å². The molecule has 0 saturated carbocycles. The van der Waals surface area contributed by atoms with Gasteiger partial charge in [0, 0.05) is 0 Å². The standard InChI is InChI=1S/C14H24O10P2/c15-8-14(17,9-16)10-24-13-6-11(1-3-25(18,19)20)5-12(7-13)2-4-26(21,22)23/h5-7,15-17H,1-4,8-10H2,(H2,18,19,20)(H2,21,22,23). The van der Waals surface area contributed by atoms with Crippen molar-refractivity contribution in [3.8, 4) is 5.75 Å². The Labute approximate surface area is 150 Å². The van der Waals surface area contributed by atoms with Crippen LogP contribution in [-0.2, 0) is 22.0 Å². The minimum atomic E-state index is -4.23. The molecule has 12 heteroatoms. The second kappa shape index (κ2) is 9.41. The van der Waals surface area contributed by atoms with E-state index in [4.69, 9.17) is 34.5 Å². The number of hydrogen-bond donors (Lipinski definition) is 7. The number of aliphatic hydroxyl groups is 3. The van der Waals surface area contributed by atoms with Crippen LogP contribution in [0.25, 0.3) is 0 Å². The SMILES string of the molecule is O=P(O)(O)CCc1cc(CCP(=O)(O)O)cc(OCC(O)(CO)CO)c1. The van der Waals surface area contributed by atoms with Crippen LogP contribution in [0.5, 0.6) is 5.75 Å². The Kier molecular flexibility index (Phi) is 8.41. The van der Waals surface area contributed by atoms with Crippen LogP contribution in [0.15, 0.2) is 18.2 Å². The summed E-state index contributed by atoms with van der Waals surface area (Å²) >= 11 is 0. The minimum Gasteiger partial charge on any atom is -0.490 e. The highest BCUT2D eigenvalue weighted by molar-refractivity contribution is 7.52. The Balaban J connectivity index is 2.98. The van der Waals surface area contributed by atoms with Crippen molar-refractivity contribution in [1.29, 1.82) is 0 Å². The third kappa shape index (κ3) is 9.23. The Morgan fingerprint density at radius 3 is 1.62 bits per heavy atom. The largest absolute Gasteiger partial charge is 0.490 e. The van der Waals surface area contributed by atoms with Gasteiger partial charge in [0.05, 0.1) is 25.5 Å². The maximum Gasteiger partial charge on any atom is 0.325 e. The van der Waals surface area contributed by atoms with Crippen LogP contribution in [0.3, 0.4) is 0 Å². The van der Waals surface area contributed by atoms with Gasteiger partial charge in [0.25, 0.3) is 0 Å². The third-order valence-electron chi connectivity index (χ3n) is 3.51. The number of aliphatic hydroxyl groups excluding tert-OH is 2. The first-order chi connectivity index (χ1) is 11.9. The molecule has 0 amide bonds. The van der Waals surface area contributed by atoms with Crippen molar-refractivity contribution in [2.24, 2.45) is 0 Å². The fourth-order valence-corrected chi connectivity index (χ4v) is 3.11. The fourth-order valence-electron chi connectivity index (χ4n) is 2.01. The number of aryl methyl sites for hydroxylation is 2. The van der Waals surface area contributed by atoms with Gasteiger partial charge in [0.1, 0.15) is 18.0 Å². The van der Waals surface area contributed by atoms with E-state index in [1.807, 2.05) is 0 Å². The number of ether oxygens (including phenoxy) is 1. The van der Waals surface area contributed by atoms with Crippen molar-refractivity contribution >= 4 is 15.2 Å². The summed E-state index contributed by atoms with van der Waals surface area (Å²) in [4.78, 5) is 36.0. The molecule has 1 rings (SSSR count). The summed E-state index contributed by atoms with van der Waals surface area (Å²) in [6, 6.07) is 4.49. The summed E-state index contributed by atoms with van der Waals surface area (Å²) in [5.74, 6) is 0.175. The van der Waals surface area contributed by atoms with Crippen molar-refractivity contribution < 1.29 is 48.8 Å². The molecule has 0 aliphatic heterocycles. The lowest BCUT2D eigenvalue weighted by molar-refractivity contribution is -0.0806. The molecule has 26 heavy (non-hydrogen) atoms. The van der Waals surface area contributed by atoms with Gasteiger partial charge in [-0.15, -0.1) is 0 Å². The predicted molar refractivity (Wildman–Crippen MR) is 92.3 cm³/mol. The molecule has 1 aromatic carbocycles. The fraction of sp³-hybridized carbons (Fsp3) is 0.571. The number of benzene rings is 1. The second-order valence-corrected chi connectivity index (χ2v) is 9.64. The van der Waals surface area contributed by atoms with Crippen LogP contribution in [0.2, 0.25) is 0 Å². The number of rotatable bonds is 11. The minimum absolute atomic E-state index is 0.00859. The summed E-state index contributed by atoms with van der Waals surface area (Å²) in [6.07, 6.45) is -0.805. The molecular weight excluding hydrogens is 390 g/mol. The maximum absolute atomic E-state index is 11.0. The van der Waals surface area contributed by atoms with E-state index in [9.17, 15) is 14.2 Å².